The Bertz CT molecular complexity index is 480. The van der Waals surface area contributed by atoms with Gasteiger partial charge in [0.05, 0.1) is 5.92 Å². The minimum Gasteiger partial charge on any atom is -0.372 e. The topological polar surface area (TPSA) is 130 Å². The second-order valence-corrected chi connectivity index (χ2v) is 7.28. The Labute approximate surface area is 140 Å². The smallest absolute Gasteiger partial charge is 0.353 e. The fourth-order valence-electron chi connectivity index (χ4n) is 2.35. The normalized spacial score (nSPS) is 16.3. The quantitative estimate of drug-likeness (QED) is 0.464. The van der Waals surface area contributed by atoms with Crippen LogP contribution in [-0.4, -0.2) is 33.9 Å². The molecule has 0 fully saturated rings. The Morgan fingerprint density at radius 2 is 1.65 bits per heavy atom. The minimum atomic E-state index is -2.12. The summed E-state index contributed by atoms with van der Waals surface area (Å²) in [6.45, 7) is 7.82. The lowest BCUT2D eigenvalue weighted by Crippen LogP contribution is -2.62. The summed E-state index contributed by atoms with van der Waals surface area (Å²) in [5.41, 5.74) is 3.74. The number of nitrogens with two attached hydrogens (primary N) is 2. The molecule has 0 aromatic rings. The predicted octanol–water partition coefficient (Wildman–Crippen LogP) is 0.837. The summed E-state index contributed by atoms with van der Waals surface area (Å²) in [6, 6.07) is 0. The van der Waals surface area contributed by atoms with Gasteiger partial charge in [0.2, 0.25) is 0 Å². The van der Waals surface area contributed by atoms with E-state index in [1.807, 2.05) is 13.8 Å². The van der Waals surface area contributed by atoms with Gasteiger partial charge in [-0.25, -0.2) is 4.79 Å². The van der Waals surface area contributed by atoms with Gasteiger partial charge in [0.1, 0.15) is 5.78 Å². The van der Waals surface area contributed by atoms with Crippen molar-refractivity contribution in [2.75, 3.05) is 5.75 Å². The van der Waals surface area contributed by atoms with E-state index in [1.54, 1.807) is 0 Å². The van der Waals surface area contributed by atoms with Crippen molar-refractivity contribution in [2.45, 2.75) is 46.6 Å². The molecule has 0 heterocycles. The first kappa shape index (κ1) is 21.8. The van der Waals surface area contributed by atoms with Crippen LogP contribution < -0.4 is 11.6 Å². The summed E-state index contributed by atoms with van der Waals surface area (Å²) in [4.78, 5) is 51.7. The SMILES string of the molecule is CC(=O)SCC(CC(C)C)C(=O)C(C)C(N)(C(C)=O)C(=O)ON. The second-order valence-electron chi connectivity index (χ2n) is 6.08. The van der Waals surface area contributed by atoms with Crippen molar-refractivity contribution in [2.24, 2.45) is 29.4 Å². The third kappa shape index (κ3) is 5.71. The van der Waals surface area contributed by atoms with E-state index in [1.165, 1.54) is 13.8 Å². The summed E-state index contributed by atoms with van der Waals surface area (Å²) < 4.78 is 0. The first-order valence-electron chi connectivity index (χ1n) is 7.36. The summed E-state index contributed by atoms with van der Waals surface area (Å²) in [5.74, 6) is 1.54. The lowest BCUT2D eigenvalue weighted by atomic mass is 9.75. The lowest BCUT2D eigenvalue weighted by molar-refractivity contribution is -0.159. The summed E-state index contributed by atoms with van der Waals surface area (Å²) >= 11 is 1.03. The van der Waals surface area contributed by atoms with Crippen molar-refractivity contribution in [3.63, 3.8) is 0 Å². The van der Waals surface area contributed by atoms with Crippen LogP contribution in [-0.2, 0) is 24.0 Å². The van der Waals surface area contributed by atoms with Crippen LogP contribution in [0.1, 0.15) is 41.0 Å². The van der Waals surface area contributed by atoms with Crippen LogP contribution in [0.5, 0.6) is 0 Å². The van der Waals surface area contributed by atoms with Gasteiger partial charge >= 0.3 is 5.97 Å². The summed E-state index contributed by atoms with van der Waals surface area (Å²) in [6.07, 6.45) is 0.523. The molecule has 0 saturated carbocycles. The lowest BCUT2D eigenvalue weighted by Gasteiger charge is -2.31. The Hall–Kier alpha value is -1.25. The molecule has 0 saturated heterocycles. The van der Waals surface area contributed by atoms with E-state index >= 15 is 0 Å². The first-order chi connectivity index (χ1) is 10.5. The van der Waals surface area contributed by atoms with Gasteiger partial charge in [0, 0.05) is 18.6 Å². The molecule has 0 rings (SSSR count). The highest BCUT2D eigenvalue weighted by atomic mass is 32.2. The zero-order valence-corrected chi connectivity index (χ0v) is 15.1. The van der Waals surface area contributed by atoms with E-state index in [2.05, 4.69) is 4.84 Å². The fraction of sp³-hybridized carbons (Fsp3) is 0.733. The molecule has 4 N–H and O–H groups in total. The summed E-state index contributed by atoms with van der Waals surface area (Å²) in [5, 5.41) is -0.105. The third-order valence-electron chi connectivity index (χ3n) is 3.78. The van der Waals surface area contributed by atoms with E-state index in [-0.39, 0.29) is 22.6 Å². The maximum Gasteiger partial charge on any atom is 0.353 e. The average molecular weight is 346 g/mol. The molecule has 7 nitrogen and oxygen atoms in total. The van der Waals surface area contributed by atoms with E-state index in [9.17, 15) is 19.2 Å². The Kier molecular flexibility index (Phi) is 8.65. The molecule has 3 unspecified atom stereocenters. The van der Waals surface area contributed by atoms with Crippen LogP contribution in [0.2, 0.25) is 0 Å². The maximum atomic E-state index is 12.8. The van der Waals surface area contributed by atoms with Crippen LogP contribution in [0.25, 0.3) is 0 Å². The van der Waals surface area contributed by atoms with Gasteiger partial charge in [-0.05, 0) is 19.3 Å². The van der Waals surface area contributed by atoms with E-state index in [0.29, 0.717) is 6.42 Å². The number of hydrogen-bond donors (Lipinski definition) is 2. The molecule has 0 bridgehead atoms. The molecule has 0 aliphatic heterocycles. The second kappa shape index (κ2) is 9.14. The Morgan fingerprint density at radius 3 is 2.00 bits per heavy atom. The van der Waals surface area contributed by atoms with Crippen molar-refractivity contribution in [1.29, 1.82) is 0 Å². The molecule has 0 radical (unpaired) electrons. The summed E-state index contributed by atoms with van der Waals surface area (Å²) in [7, 11) is 0. The van der Waals surface area contributed by atoms with E-state index in [4.69, 9.17) is 11.6 Å². The van der Waals surface area contributed by atoms with Crippen LogP contribution >= 0.6 is 11.8 Å². The number of hydrogen-bond acceptors (Lipinski definition) is 8. The van der Waals surface area contributed by atoms with Gasteiger partial charge in [-0.1, -0.05) is 32.5 Å². The number of ketones is 2. The monoisotopic (exact) mass is 346 g/mol. The largest absolute Gasteiger partial charge is 0.372 e. The molecular formula is C15H26N2O5S. The molecule has 8 heteroatoms. The van der Waals surface area contributed by atoms with Gasteiger partial charge in [0.25, 0.3) is 0 Å². The zero-order chi connectivity index (χ0) is 18.4. The van der Waals surface area contributed by atoms with Crippen LogP contribution in [0.4, 0.5) is 0 Å². The number of rotatable bonds is 9. The minimum absolute atomic E-state index is 0.105. The molecule has 0 aliphatic rings. The molecule has 3 atom stereocenters. The highest BCUT2D eigenvalue weighted by Gasteiger charge is 2.50. The van der Waals surface area contributed by atoms with Gasteiger partial charge in [-0.15, -0.1) is 0 Å². The van der Waals surface area contributed by atoms with Crippen molar-refractivity contribution in [3.05, 3.63) is 0 Å². The van der Waals surface area contributed by atoms with Crippen LogP contribution in [0.3, 0.4) is 0 Å². The number of Topliss-reactive ketones (excluding diaryl/α,β-unsaturated/α-hetero) is 2. The average Bonchev–Trinajstić information content (AvgIpc) is 2.47. The maximum absolute atomic E-state index is 12.8. The number of carbonyl (C=O) groups excluding carboxylic acids is 4. The molecule has 23 heavy (non-hydrogen) atoms. The van der Waals surface area contributed by atoms with Gasteiger partial charge in [-0.2, -0.15) is 5.90 Å². The highest BCUT2D eigenvalue weighted by molar-refractivity contribution is 8.13. The van der Waals surface area contributed by atoms with Crippen molar-refractivity contribution < 1.29 is 24.0 Å². The van der Waals surface area contributed by atoms with E-state index in [0.717, 1.165) is 18.7 Å². The number of thioether (sulfide) groups is 1. The fourth-order valence-corrected chi connectivity index (χ4v) is 3.09. The molecule has 0 amide bonds. The first-order valence-corrected chi connectivity index (χ1v) is 8.35. The van der Waals surface area contributed by atoms with Crippen molar-refractivity contribution in [3.8, 4) is 0 Å². The van der Waals surface area contributed by atoms with Crippen molar-refractivity contribution in [1.82, 2.24) is 0 Å². The molecular weight excluding hydrogens is 320 g/mol. The van der Waals surface area contributed by atoms with Crippen LogP contribution in [0, 0.1) is 17.8 Å². The van der Waals surface area contributed by atoms with Crippen LogP contribution in [0.15, 0.2) is 0 Å². The standard InChI is InChI=1S/C15H26N2O5S/c1-8(2)6-12(7-23-11(5)19)13(20)9(3)15(16,10(4)18)14(21)22-17/h8-9,12H,6-7,16-17H2,1-5H3. The molecule has 0 spiro atoms. The van der Waals surface area contributed by atoms with E-state index < -0.39 is 29.1 Å². The van der Waals surface area contributed by atoms with Gasteiger partial charge in [-0.3, -0.25) is 14.4 Å². The molecule has 0 aromatic carbocycles. The Balaban J connectivity index is 5.47. The van der Waals surface area contributed by atoms with Crippen molar-refractivity contribution >= 4 is 34.4 Å². The Morgan fingerprint density at radius 1 is 1.13 bits per heavy atom. The van der Waals surface area contributed by atoms with Gasteiger partial charge < -0.3 is 10.6 Å². The third-order valence-corrected chi connectivity index (χ3v) is 4.76. The predicted molar refractivity (Wildman–Crippen MR) is 88.1 cm³/mol. The molecule has 0 aromatic heterocycles. The molecule has 0 aliphatic carbocycles. The highest BCUT2D eigenvalue weighted by Crippen LogP contribution is 2.27. The molecule has 132 valence electrons. The van der Waals surface area contributed by atoms with Gasteiger partial charge in [0.15, 0.2) is 16.4 Å². The zero-order valence-electron chi connectivity index (χ0n) is 14.3. The number of carbonyl (C=O) groups is 4.